The van der Waals surface area contributed by atoms with Crippen molar-refractivity contribution in [3.05, 3.63) is 59.0 Å². The smallest absolute Gasteiger partial charge is 0.264 e. The minimum Gasteiger partial charge on any atom is -0.484 e. The largest absolute Gasteiger partial charge is 0.484 e. The summed E-state index contributed by atoms with van der Waals surface area (Å²) in [6.07, 6.45) is 0. The number of carbonyl (C=O) groups is 1. The molecule has 33 heavy (non-hydrogen) atoms. The van der Waals surface area contributed by atoms with Crippen LogP contribution in [0.25, 0.3) is 11.3 Å². The molecule has 2 aromatic carbocycles. The molecule has 0 saturated carbocycles. The monoisotopic (exact) mass is 487 g/mol. The molecule has 8 nitrogen and oxygen atoms in total. The van der Waals surface area contributed by atoms with Gasteiger partial charge in [-0.25, -0.2) is 13.4 Å². The third-order valence-electron chi connectivity index (χ3n) is 5.36. The summed E-state index contributed by atoms with van der Waals surface area (Å²) in [7, 11) is -3.54. The zero-order valence-corrected chi connectivity index (χ0v) is 20.0. The van der Waals surface area contributed by atoms with E-state index in [2.05, 4.69) is 10.3 Å². The Morgan fingerprint density at radius 3 is 2.55 bits per heavy atom. The van der Waals surface area contributed by atoms with Crippen molar-refractivity contribution in [2.75, 3.05) is 38.2 Å². The van der Waals surface area contributed by atoms with Crippen LogP contribution >= 0.6 is 11.3 Å². The van der Waals surface area contributed by atoms with Gasteiger partial charge in [0.15, 0.2) is 11.7 Å². The van der Waals surface area contributed by atoms with Crippen molar-refractivity contribution >= 4 is 32.4 Å². The van der Waals surface area contributed by atoms with Crippen LogP contribution in [0.1, 0.15) is 11.1 Å². The second-order valence-corrected chi connectivity index (χ2v) is 10.5. The van der Waals surface area contributed by atoms with Crippen LogP contribution in [0.4, 0.5) is 5.13 Å². The molecule has 1 fully saturated rings. The van der Waals surface area contributed by atoms with Gasteiger partial charge in [-0.1, -0.05) is 18.2 Å². The lowest BCUT2D eigenvalue weighted by atomic mass is 10.1. The molecule has 1 aromatic heterocycles. The molecule has 1 saturated heterocycles. The van der Waals surface area contributed by atoms with Crippen molar-refractivity contribution in [3.8, 4) is 17.0 Å². The fourth-order valence-electron chi connectivity index (χ4n) is 3.31. The molecule has 0 atom stereocenters. The fraction of sp³-hybridized carbons (Fsp3) is 0.304. The molecular weight excluding hydrogens is 462 g/mol. The Labute approximate surface area is 197 Å². The first kappa shape index (κ1) is 23.4. The van der Waals surface area contributed by atoms with Gasteiger partial charge in [-0.2, -0.15) is 4.31 Å². The van der Waals surface area contributed by atoms with Crippen LogP contribution in [0.3, 0.4) is 0 Å². The van der Waals surface area contributed by atoms with E-state index in [0.717, 1.165) is 16.7 Å². The first-order valence-electron chi connectivity index (χ1n) is 10.5. The number of carbonyl (C=O) groups excluding carboxylic acids is 1. The number of rotatable bonds is 7. The molecule has 0 aliphatic carbocycles. The molecule has 0 radical (unpaired) electrons. The lowest BCUT2D eigenvalue weighted by Crippen LogP contribution is -2.40. The number of amides is 1. The van der Waals surface area contributed by atoms with Gasteiger partial charge >= 0.3 is 0 Å². The lowest BCUT2D eigenvalue weighted by molar-refractivity contribution is -0.118. The predicted molar refractivity (Wildman–Crippen MR) is 127 cm³/mol. The summed E-state index contributed by atoms with van der Waals surface area (Å²) >= 11 is 1.29. The van der Waals surface area contributed by atoms with E-state index in [1.807, 2.05) is 37.4 Å². The number of nitrogens with zero attached hydrogens (tertiary/aromatic N) is 2. The summed E-state index contributed by atoms with van der Waals surface area (Å²) in [5, 5.41) is 4.99. The van der Waals surface area contributed by atoms with E-state index in [0.29, 0.717) is 42.9 Å². The van der Waals surface area contributed by atoms with Crippen molar-refractivity contribution in [2.45, 2.75) is 18.7 Å². The molecule has 2 heterocycles. The number of sulfonamides is 1. The molecule has 1 N–H and O–H groups in total. The quantitative estimate of drug-likeness (QED) is 0.548. The zero-order chi connectivity index (χ0) is 23.4. The number of hydrogen-bond acceptors (Lipinski definition) is 7. The van der Waals surface area contributed by atoms with Crippen LogP contribution in [0.15, 0.2) is 52.7 Å². The SMILES string of the molecule is Cc1ccc(OCC(=O)Nc2nc(-c3ccc(S(=O)(=O)N4CCOCC4)cc3)cs2)cc1C. The number of aryl methyl sites for hydroxylation is 2. The van der Waals surface area contributed by atoms with Crippen molar-refractivity contribution < 1.29 is 22.7 Å². The molecule has 4 rings (SSSR count). The van der Waals surface area contributed by atoms with E-state index in [1.54, 1.807) is 24.3 Å². The Bertz CT molecular complexity index is 1230. The highest BCUT2D eigenvalue weighted by Gasteiger charge is 2.26. The fourth-order valence-corrected chi connectivity index (χ4v) is 5.45. The topological polar surface area (TPSA) is 97.8 Å². The summed E-state index contributed by atoms with van der Waals surface area (Å²) in [6.45, 7) is 5.40. The maximum Gasteiger partial charge on any atom is 0.264 e. The van der Waals surface area contributed by atoms with Crippen LogP contribution < -0.4 is 10.1 Å². The summed E-state index contributed by atoms with van der Waals surface area (Å²) < 4.78 is 37.7. The van der Waals surface area contributed by atoms with Gasteiger partial charge in [-0.3, -0.25) is 10.1 Å². The minimum absolute atomic E-state index is 0.120. The summed E-state index contributed by atoms with van der Waals surface area (Å²) in [5.41, 5.74) is 3.68. The Hall–Kier alpha value is -2.79. The Morgan fingerprint density at radius 1 is 1.12 bits per heavy atom. The number of aromatic nitrogens is 1. The summed E-state index contributed by atoms with van der Waals surface area (Å²) in [6, 6.07) is 12.3. The molecule has 0 unspecified atom stereocenters. The first-order valence-corrected chi connectivity index (χ1v) is 12.8. The third kappa shape index (κ3) is 5.59. The number of nitrogens with one attached hydrogen (secondary N) is 1. The van der Waals surface area contributed by atoms with Crippen molar-refractivity contribution in [3.63, 3.8) is 0 Å². The maximum absolute atomic E-state index is 12.8. The van der Waals surface area contributed by atoms with Gasteiger partial charge in [-0.15, -0.1) is 11.3 Å². The van der Waals surface area contributed by atoms with E-state index in [1.165, 1.54) is 15.6 Å². The Balaban J connectivity index is 1.36. The number of thiazole rings is 1. The van der Waals surface area contributed by atoms with Gasteiger partial charge in [0.25, 0.3) is 5.91 Å². The second-order valence-electron chi connectivity index (χ2n) is 7.66. The van der Waals surface area contributed by atoms with Crippen LogP contribution in [0.2, 0.25) is 0 Å². The van der Waals surface area contributed by atoms with E-state index < -0.39 is 10.0 Å². The first-order chi connectivity index (χ1) is 15.8. The molecule has 1 aliphatic rings. The molecule has 1 amide bonds. The molecule has 0 spiro atoms. The van der Waals surface area contributed by atoms with E-state index in [-0.39, 0.29) is 17.4 Å². The summed E-state index contributed by atoms with van der Waals surface area (Å²) in [5.74, 6) is 0.335. The van der Waals surface area contributed by atoms with Crippen LogP contribution in [-0.2, 0) is 19.6 Å². The Kier molecular flexibility index (Phi) is 7.08. The van der Waals surface area contributed by atoms with E-state index in [4.69, 9.17) is 9.47 Å². The number of morpholine rings is 1. The average Bonchev–Trinajstić information content (AvgIpc) is 3.29. The highest BCUT2D eigenvalue weighted by Crippen LogP contribution is 2.27. The van der Waals surface area contributed by atoms with Gasteiger partial charge in [0.05, 0.1) is 23.8 Å². The van der Waals surface area contributed by atoms with Crippen molar-refractivity contribution in [2.24, 2.45) is 0 Å². The van der Waals surface area contributed by atoms with Crippen LogP contribution in [0, 0.1) is 13.8 Å². The van der Waals surface area contributed by atoms with Crippen molar-refractivity contribution in [1.82, 2.24) is 9.29 Å². The second kappa shape index (κ2) is 10.0. The molecule has 0 bridgehead atoms. The standard InChI is InChI=1S/C23H25N3O5S2/c1-16-3-6-19(13-17(16)2)31-14-22(27)25-23-24-21(15-32-23)18-4-7-20(8-5-18)33(28,29)26-9-11-30-12-10-26/h3-8,13,15H,9-12,14H2,1-2H3,(H,24,25,27). The third-order valence-corrected chi connectivity index (χ3v) is 8.03. The average molecular weight is 488 g/mol. The predicted octanol–water partition coefficient (Wildman–Crippen LogP) is 3.47. The van der Waals surface area contributed by atoms with E-state index in [9.17, 15) is 13.2 Å². The highest BCUT2D eigenvalue weighted by atomic mass is 32.2. The number of benzene rings is 2. The zero-order valence-electron chi connectivity index (χ0n) is 18.4. The van der Waals surface area contributed by atoms with Gasteiger partial charge in [0, 0.05) is 24.0 Å². The lowest BCUT2D eigenvalue weighted by Gasteiger charge is -2.26. The number of anilines is 1. The molecule has 1 aliphatic heterocycles. The van der Waals surface area contributed by atoms with E-state index >= 15 is 0 Å². The normalized spacial score (nSPS) is 14.7. The van der Waals surface area contributed by atoms with Gasteiger partial charge in [0.2, 0.25) is 10.0 Å². The molecule has 10 heteroatoms. The molecule has 3 aromatic rings. The minimum atomic E-state index is -3.54. The van der Waals surface area contributed by atoms with Crippen LogP contribution in [-0.4, -0.2) is 56.5 Å². The Morgan fingerprint density at radius 2 is 1.85 bits per heavy atom. The van der Waals surface area contributed by atoms with Crippen molar-refractivity contribution in [1.29, 1.82) is 0 Å². The number of ether oxygens (including phenoxy) is 2. The van der Waals surface area contributed by atoms with Crippen LogP contribution in [0.5, 0.6) is 5.75 Å². The van der Waals surface area contributed by atoms with Gasteiger partial charge < -0.3 is 9.47 Å². The molecular formula is C23H25N3O5S2. The van der Waals surface area contributed by atoms with Gasteiger partial charge in [0.1, 0.15) is 5.75 Å². The maximum atomic E-state index is 12.8. The highest BCUT2D eigenvalue weighted by molar-refractivity contribution is 7.89. The van der Waals surface area contributed by atoms with Gasteiger partial charge in [-0.05, 0) is 49.2 Å². The molecule has 174 valence electrons. The number of hydrogen-bond donors (Lipinski definition) is 1. The summed E-state index contributed by atoms with van der Waals surface area (Å²) in [4.78, 5) is 16.9.